The Balaban J connectivity index is 2.12. The lowest BCUT2D eigenvalue weighted by Gasteiger charge is -2.15. The minimum Gasteiger partial charge on any atom is -0.497 e. The number of anilines is 1. The number of carbonyl (C=O) groups is 1. The van der Waals surface area contributed by atoms with Crippen molar-refractivity contribution in [2.45, 2.75) is 13.0 Å². The van der Waals surface area contributed by atoms with Gasteiger partial charge in [0.1, 0.15) is 5.75 Å². The largest absolute Gasteiger partial charge is 0.497 e. The molecule has 0 radical (unpaired) electrons. The Labute approximate surface area is 121 Å². The third-order valence-electron chi connectivity index (χ3n) is 3.12. The Hall–Kier alpha value is -2.63. The van der Waals surface area contributed by atoms with Crippen LogP contribution in [0.4, 0.5) is 10.2 Å². The number of hydrogen-bond donors (Lipinski definition) is 2. The third-order valence-corrected chi connectivity index (χ3v) is 3.12. The zero-order valence-corrected chi connectivity index (χ0v) is 11.8. The lowest BCUT2D eigenvalue weighted by Crippen LogP contribution is -2.27. The highest BCUT2D eigenvalue weighted by Crippen LogP contribution is 2.18. The van der Waals surface area contributed by atoms with Crippen molar-refractivity contribution in [3.8, 4) is 5.75 Å². The van der Waals surface area contributed by atoms with Gasteiger partial charge in [-0.3, -0.25) is 4.79 Å². The van der Waals surface area contributed by atoms with E-state index in [-0.39, 0.29) is 17.4 Å². The van der Waals surface area contributed by atoms with E-state index in [2.05, 4.69) is 10.3 Å². The number of amides is 1. The monoisotopic (exact) mass is 289 g/mol. The van der Waals surface area contributed by atoms with Gasteiger partial charge in [-0.05, 0) is 30.7 Å². The molecule has 6 heteroatoms. The topological polar surface area (TPSA) is 77.2 Å². The number of halogens is 1. The van der Waals surface area contributed by atoms with Gasteiger partial charge in [0.25, 0.3) is 5.91 Å². The number of nitrogens with two attached hydrogens (primary N) is 1. The molecule has 1 atom stereocenters. The van der Waals surface area contributed by atoms with Gasteiger partial charge in [0.2, 0.25) is 0 Å². The summed E-state index contributed by atoms with van der Waals surface area (Å²) in [7, 11) is 1.58. The van der Waals surface area contributed by atoms with Crippen molar-refractivity contribution >= 4 is 11.7 Å². The van der Waals surface area contributed by atoms with Gasteiger partial charge >= 0.3 is 0 Å². The summed E-state index contributed by atoms with van der Waals surface area (Å²) in [6.07, 6.45) is 1.30. The van der Waals surface area contributed by atoms with Crippen LogP contribution >= 0.6 is 0 Å². The zero-order valence-electron chi connectivity index (χ0n) is 11.8. The fraction of sp³-hybridized carbons (Fsp3) is 0.200. The smallest absolute Gasteiger partial charge is 0.254 e. The van der Waals surface area contributed by atoms with Crippen LogP contribution < -0.4 is 15.8 Å². The van der Waals surface area contributed by atoms with Gasteiger partial charge in [-0.2, -0.15) is 0 Å². The van der Waals surface area contributed by atoms with E-state index in [9.17, 15) is 9.18 Å². The zero-order chi connectivity index (χ0) is 15.4. The predicted octanol–water partition coefficient (Wildman–Crippen LogP) is 2.30. The lowest BCUT2D eigenvalue weighted by molar-refractivity contribution is 0.0936. The van der Waals surface area contributed by atoms with Crippen molar-refractivity contribution in [1.82, 2.24) is 10.3 Å². The summed E-state index contributed by atoms with van der Waals surface area (Å²) in [6, 6.07) is 8.27. The number of benzene rings is 1. The lowest BCUT2D eigenvalue weighted by atomic mass is 10.1. The third kappa shape index (κ3) is 3.28. The Morgan fingerprint density at radius 1 is 1.33 bits per heavy atom. The van der Waals surface area contributed by atoms with Gasteiger partial charge in [-0.15, -0.1) is 0 Å². The number of nitrogens with zero attached hydrogens (tertiary/aromatic N) is 1. The molecule has 0 aliphatic heterocycles. The molecule has 1 aromatic heterocycles. The van der Waals surface area contributed by atoms with Crippen LogP contribution in [-0.4, -0.2) is 18.0 Å². The summed E-state index contributed by atoms with van der Waals surface area (Å²) in [4.78, 5) is 15.7. The number of aromatic nitrogens is 1. The molecule has 1 amide bonds. The molecule has 0 saturated carbocycles. The van der Waals surface area contributed by atoms with Gasteiger partial charge in [-0.1, -0.05) is 12.1 Å². The molecule has 0 aliphatic carbocycles. The number of rotatable bonds is 4. The molecule has 2 rings (SSSR count). The van der Waals surface area contributed by atoms with Gasteiger partial charge in [0.15, 0.2) is 11.6 Å². The maximum atomic E-state index is 13.7. The predicted molar refractivity (Wildman–Crippen MR) is 77.5 cm³/mol. The summed E-state index contributed by atoms with van der Waals surface area (Å²) in [5.74, 6) is -0.910. The normalized spacial score (nSPS) is 11.8. The molecule has 21 heavy (non-hydrogen) atoms. The van der Waals surface area contributed by atoms with Gasteiger partial charge in [-0.25, -0.2) is 9.37 Å². The van der Waals surface area contributed by atoms with E-state index in [0.717, 1.165) is 11.3 Å². The number of pyridine rings is 1. The van der Waals surface area contributed by atoms with Crippen molar-refractivity contribution in [3.63, 3.8) is 0 Å². The highest BCUT2D eigenvalue weighted by molar-refractivity contribution is 5.95. The average molecular weight is 289 g/mol. The van der Waals surface area contributed by atoms with Gasteiger partial charge in [0.05, 0.1) is 18.7 Å². The summed E-state index contributed by atoms with van der Waals surface area (Å²) >= 11 is 0. The van der Waals surface area contributed by atoms with Crippen molar-refractivity contribution in [3.05, 3.63) is 53.5 Å². The molecular weight excluding hydrogens is 273 g/mol. The summed E-state index contributed by atoms with van der Waals surface area (Å²) in [5, 5.41) is 2.71. The first-order valence-electron chi connectivity index (χ1n) is 6.37. The number of nitrogen functional groups attached to an aromatic ring is 1. The molecule has 1 aromatic carbocycles. The molecule has 2 aromatic rings. The van der Waals surface area contributed by atoms with E-state index >= 15 is 0 Å². The van der Waals surface area contributed by atoms with Crippen molar-refractivity contribution in [2.24, 2.45) is 0 Å². The van der Waals surface area contributed by atoms with Crippen molar-refractivity contribution in [1.29, 1.82) is 0 Å². The van der Waals surface area contributed by atoms with Crippen molar-refractivity contribution in [2.75, 3.05) is 12.8 Å². The first-order chi connectivity index (χ1) is 10.0. The average Bonchev–Trinajstić information content (AvgIpc) is 2.50. The molecule has 0 aliphatic rings. The fourth-order valence-electron chi connectivity index (χ4n) is 1.89. The standard InChI is InChI=1S/C15H16FN3O2/c1-9(10-3-5-11(21-2)6-4-10)19-15(20)12-7-8-18-14(17)13(12)16/h3-9H,1-2H3,(H2,17,18)(H,19,20). The molecule has 0 spiro atoms. The molecule has 0 saturated heterocycles. The quantitative estimate of drug-likeness (QED) is 0.905. The Morgan fingerprint density at radius 3 is 2.62 bits per heavy atom. The first kappa shape index (κ1) is 14.8. The minimum absolute atomic E-state index is 0.122. The number of hydrogen-bond acceptors (Lipinski definition) is 4. The highest BCUT2D eigenvalue weighted by atomic mass is 19.1. The maximum absolute atomic E-state index is 13.7. The minimum atomic E-state index is -0.808. The molecule has 1 heterocycles. The van der Waals surface area contributed by atoms with Crippen LogP contribution in [0.1, 0.15) is 28.9 Å². The Kier molecular flexibility index (Phi) is 4.37. The Morgan fingerprint density at radius 2 is 2.00 bits per heavy atom. The van der Waals surface area contributed by atoms with E-state index in [4.69, 9.17) is 10.5 Å². The second-order valence-corrected chi connectivity index (χ2v) is 4.53. The number of methoxy groups -OCH3 is 1. The summed E-state index contributed by atoms with van der Waals surface area (Å²) in [5.41, 5.74) is 6.11. The molecule has 110 valence electrons. The molecular formula is C15H16FN3O2. The van der Waals surface area contributed by atoms with Gasteiger partial charge in [0, 0.05) is 6.20 Å². The number of carbonyl (C=O) groups excluding carboxylic acids is 1. The van der Waals surface area contributed by atoms with Crippen LogP contribution in [0.25, 0.3) is 0 Å². The number of nitrogens with one attached hydrogen (secondary N) is 1. The number of ether oxygens (including phenoxy) is 1. The van der Waals surface area contributed by atoms with E-state index in [1.807, 2.05) is 19.1 Å². The van der Waals surface area contributed by atoms with E-state index < -0.39 is 11.7 Å². The SMILES string of the molecule is COc1ccc(C(C)NC(=O)c2ccnc(N)c2F)cc1. The molecule has 5 nitrogen and oxygen atoms in total. The van der Waals surface area contributed by atoms with E-state index in [0.29, 0.717) is 0 Å². The second-order valence-electron chi connectivity index (χ2n) is 4.53. The van der Waals surface area contributed by atoms with E-state index in [1.54, 1.807) is 19.2 Å². The maximum Gasteiger partial charge on any atom is 0.254 e. The molecule has 1 unspecified atom stereocenters. The molecule has 3 N–H and O–H groups in total. The fourth-order valence-corrected chi connectivity index (χ4v) is 1.89. The molecule has 0 bridgehead atoms. The van der Waals surface area contributed by atoms with Crippen LogP contribution in [0.2, 0.25) is 0 Å². The van der Waals surface area contributed by atoms with Crippen LogP contribution in [0.5, 0.6) is 5.75 Å². The van der Waals surface area contributed by atoms with Crippen molar-refractivity contribution < 1.29 is 13.9 Å². The second kappa shape index (κ2) is 6.21. The van der Waals surface area contributed by atoms with Crippen LogP contribution in [-0.2, 0) is 0 Å². The Bertz CT molecular complexity index is 644. The summed E-state index contributed by atoms with van der Waals surface area (Å²) < 4.78 is 18.8. The van der Waals surface area contributed by atoms with Crippen LogP contribution in [0, 0.1) is 5.82 Å². The first-order valence-corrected chi connectivity index (χ1v) is 6.37. The summed E-state index contributed by atoms with van der Waals surface area (Å²) in [6.45, 7) is 1.81. The van der Waals surface area contributed by atoms with Crippen LogP contribution in [0.3, 0.4) is 0 Å². The van der Waals surface area contributed by atoms with Crippen LogP contribution in [0.15, 0.2) is 36.5 Å². The highest BCUT2D eigenvalue weighted by Gasteiger charge is 2.17. The van der Waals surface area contributed by atoms with Gasteiger partial charge < -0.3 is 15.8 Å². The molecule has 0 fully saturated rings. The van der Waals surface area contributed by atoms with E-state index in [1.165, 1.54) is 12.3 Å².